The molecule has 2 N–H and O–H groups in total. The molecule has 1 unspecified atom stereocenters. The summed E-state index contributed by atoms with van der Waals surface area (Å²) in [7, 11) is 0. The minimum Gasteiger partial charge on any atom is -0.355 e. The van der Waals surface area contributed by atoms with Gasteiger partial charge in [0.2, 0.25) is 5.91 Å². The monoisotopic (exact) mass is 327 g/mol. The SMILES string of the molecule is Cl.O=C(CN1CCNCC1c1cccc(F)c1)NCC1CC1. The standard InChI is InChI=1S/C16H22FN3O.ClH/c17-14-3-1-2-13(8-14)15-10-18-6-7-20(15)11-16(21)19-9-12-4-5-12;/h1-3,8,12,15,18H,4-7,9-11H2,(H,19,21);1H. The van der Waals surface area contributed by atoms with Gasteiger partial charge in [0.05, 0.1) is 6.54 Å². The number of nitrogens with one attached hydrogen (secondary N) is 2. The molecule has 1 amide bonds. The van der Waals surface area contributed by atoms with Crippen molar-refractivity contribution in [2.45, 2.75) is 18.9 Å². The van der Waals surface area contributed by atoms with Gasteiger partial charge in [-0.2, -0.15) is 0 Å². The molecule has 1 aliphatic carbocycles. The minimum absolute atomic E-state index is 0. The van der Waals surface area contributed by atoms with E-state index in [1.54, 1.807) is 12.1 Å². The molecule has 2 aliphatic rings. The Bertz CT molecular complexity index is 510. The van der Waals surface area contributed by atoms with Crippen LogP contribution in [0.5, 0.6) is 0 Å². The Morgan fingerprint density at radius 2 is 2.23 bits per heavy atom. The maximum atomic E-state index is 13.4. The fraction of sp³-hybridized carbons (Fsp3) is 0.562. The van der Waals surface area contributed by atoms with Crippen LogP contribution in [0.25, 0.3) is 0 Å². The average molecular weight is 328 g/mol. The Labute approximate surface area is 136 Å². The van der Waals surface area contributed by atoms with Crippen LogP contribution >= 0.6 is 12.4 Å². The number of halogens is 2. The second-order valence-electron chi connectivity index (χ2n) is 5.99. The number of nitrogens with zero attached hydrogens (tertiary/aromatic N) is 1. The van der Waals surface area contributed by atoms with Gasteiger partial charge in [0, 0.05) is 32.2 Å². The van der Waals surface area contributed by atoms with Gasteiger partial charge in [0.15, 0.2) is 0 Å². The van der Waals surface area contributed by atoms with Crippen molar-refractivity contribution in [3.63, 3.8) is 0 Å². The van der Waals surface area contributed by atoms with Crippen LogP contribution in [0.15, 0.2) is 24.3 Å². The molecule has 0 spiro atoms. The summed E-state index contributed by atoms with van der Waals surface area (Å²) in [6, 6.07) is 6.72. The van der Waals surface area contributed by atoms with Crippen molar-refractivity contribution in [1.29, 1.82) is 0 Å². The van der Waals surface area contributed by atoms with E-state index in [4.69, 9.17) is 0 Å². The number of benzene rings is 1. The molecule has 1 aromatic carbocycles. The van der Waals surface area contributed by atoms with Crippen molar-refractivity contribution in [1.82, 2.24) is 15.5 Å². The summed E-state index contributed by atoms with van der Waals surface area (Å²) < 4.78 is 13.4. The summed E-state index contributed by atoms with van der Waals surface area (Å²) >= 11 is 0. The van der Waals surface area contributed by atoms with Crippen LogP contribution in [0.1, 0.15) is 24.4 Å². The third kappa shape index (κ3) is 4.66. The van der Waals surface area contributed by atoms with Crippen LogP contribution in [0.2, 0.25) is 0 Å². The summed E-state index contributed by atoms with van der Waals surface area (Å²) in [5, 5.41) is 6.32. The number of amides is 1. The molecular weight excluding hydrogens is 305 g/mol. The van der Waals surface area contributed by atoms with Gasteiger partial charge in [-0.25, -0.2) is 4.39 Å². The molecule has 4 nitrogen and oxygen atoms in total. The van der Waals surface area contributed by atoms with Gasteiger partial charge in [-0.1, -0.05) is 12.1 Å². The largest absolute Gasteiger partial charge is 0.355 e. The van der Waals surface area contributed by atoms with Crippen molar-refractivity contribution in [3.05, 3.63) is 35.6 Å². The van der Waals surface area contributed by atoms with Crippen LogP contribution in [0, 0.1) is 11.7 Å². The minimum atomic E-state index is -0.226. The normalized spacial score (nSPS) is 22.0. The van der Waals surface area contributed by atoms with Gasteiger partial charge in [0.1, 0.15) is 5.82 Å². The van der Waals surface area contributed by atoms with E-state index in [2.05, 4.69) is 15.5 Å². The zero-order valence-corrected chi connectivity index (χ0v) is 13.4. The number of piperazine rings is 1. The fourth-order valence-electron chi connectivity index (χ4n) is 2.80. The smallest absolute Gasteiger partial charge is 0.234 e. The van der Waals surface area contributed by atoms with E-state index in [0.717, 1.165) is 31.7 Å². The molecular formula is C16H23ClFN3O. The van der Waals surface area contributed by atoms with Gasteiger partial charge in [-0.3, -0.25) is 9.69 Å². The summed E-state index contributed by atoms with van der Waals surface area (Å²) in [6.45, 7) is 3.60. The molecule has 1 saturated heterocycles. The van der Waals surface area contributed by atoms with E-state index < -0.39 is 0 Å². The van der Waals surface area contributed by atoms with E-state index in [0.29, 0.717) is 12.5 Å². The second-order valence-corrected chi connectivity index (χ2v) is 5.99. The number of carbonyl (C=O) groups excluding carboxylic acids is 1. The van der Waals surface area contributed by atoms with Crippen LogP contribution in [0.3, 0.4) is 0 Å². The van der Waals surface area contributed by atoms with Crippen LogP contribution in [-0.2, 0) is 4.79 Å². The van der Waals surface area contributed by atoms with Crippen molar-refractivity contribution in [2.24, 2.45) is 5.92 Å². The fourth-order valence-corrected chi connectivity index (χ4v) is 2.80. The second kappa shape index (κ2) is 7.90. The first-order chi connectivity index (χ1) is 10.2. The van der Waals surface area contributed by atoms with E-state index in [1.165, 1.54) is 18.9 Å². The maximum absolute atomic E-state index is 13.4. The van der Waals surface area contributed by atoms with Crippen molar-refractivity contribution >= 4 is 18.3 Å². The summed E-state index contributed by atoms with van der Waals surface area (Å²) in [5.41, 5.74) is 0.928. The molecule has 6 heteroatoms. The van der Waals surface area contributed by atoms with E-state index in [9.17, 15) is 9.18 Å². The van der Waals surface area contributed by atoms with E-state index in [-0.39, 0.29) is 30.2 Å². The van der Waals surface area contributed by atoms with Crippen molar-refractivity contribution in [2.75, 3.05) is 32.7 Å². The van der Waals surface area contributed by atoms with E-state index >= 15 is 0 Å². The zero-order valence-electron chi connectivity index (χ0n) is 12.6. The molecule has 122 valence electrons. The lowest BCUT2D eigenvalue weighted by Gasteiger charge is -2.36. The highest BCUT2D eigenvalue weighted by molar-refractivity contribution is 5.85. The Morgan fingerprint density at radius 3 is 2.95 bits per heavy atom. The van der Waals surface area contributed by atoms with Gasteiger partial charge in [0.25, 0.3) is 0 Å². The maximum Gasteiger partial charge on any atom is 0.234 e. The van der Waals surface area contributed by atoms with Crippen molar-refractivity contribution < 1.29 is 9.18 Å². The third-order valence-corrected chi connectivity index (χ3v) is 4.22. The summed E-state index contributed by atoms with van der Waals surface area (Å²) in [4.78, 5) is 14.2. The first-order valence-corrected chi connectivity index (χ1v) is 7.69. The molecule has 0 radical (unpaired) electrons. The third-order valence-electron chi connectivity index (χ3n) is 4.22. The number of hydrogen-bond acceptors (Lipinski definition) is 3. The summed E-state index contributed by atoms with van der Waals surface area (Å²) in [5.74, 6) is 0.539. The first-order valence-electron chi connectivity index (χ1n) is 7.69. The van der Waals surface area contributed by atoms with Crippen LogP contribution in [0.4, 0.5) is 4.39 Å². The molecule has 0 aromatic heterocycles. The first kappa shape index (κ1) is 17.2. The predicted octanol–water partition coefficient (Wildman–Crippen LogP) is 1.72. The number of carbonyl (C=O) groups is 1. The van der Waals surface area contributed by atoms with Gasteiger partial charge in [-0.15, -0.1) is 12.4 Å². The Kier molecular flexibility index (Phi) is 6.17. The average Bonchev–Trinajstić information content (AvgIpc) is 3.30. The molecule has 1 aliphatic heterocycles. The molecule has 0 bridgehead atoms. The molecule has 1 aromatic rings. The molecule has 1 saturated carbocycles. The highest BCUT2D eigenvalue weighted by atomic mass is 35.5. The molecule has 1 heterocycles. The lowest BCUT2D eigenvalue weighted by Crippen LogP contribution is -2.49. The Balaban J connectivity index is 0.00000176. The predicted molar refractivity (Wildman–Crippen MR) is 86.6 cm³/mol. The van der Waals surface area contributed by atoms with Gasteiger partial charge in [-0.05, 0) is 36.5 Å². The zero-order chi connectivity index (χ0) is 14.7. The Morgan fingerprint density at radius 1 is 1.41 bits per heavy atom. The lowest BCUT2D eigenvalue weighted by molar-refractivity contribution is -0.123. The lowest BCUT2D eigenvalue weighted by atomic mass is 10.0. The van der Waals surface area contributed by atoms with Crippen LogP contribution < -0.4 is 10.6 Å². The molecule has 1 atom stereocenters. The van der Waals surface area contributed by atoms with Crippen LogP contribution in [-0.4, -0.2) is 43.5 Å². The topological polar surface area (TPSA) is 44.4 Å². The number of hydrogen-bond donors (Lipinski definition) is 2. The van der Waals surface area contributed by atoms with E-state index in [1.807, 2.05) is 6.07 Å². The number of rotatable bonds is 5. The quantitative estimate of drug-likeness (QED) is 0.865. The highest BCUT2D eigenvalue weighted by Crippen LogP contribution is 2.27. The van der Waals surface area contributed by atoms with Crippen molar-refractivity contribution in [3.8, 4) is 0 Å². The Hall–Kier alpha value is -1.17. The molecule has 3 rings (SSSR count). The molecule has 22 heavy (non-hydrogen) atoms. The van der Waals surface area contributed by atoms with Gasteiger partial charge < -0.3 is 10.6 Å². The molecule has 2 fully saturated rings. The highest BCUT2D eigenvalue weighted by Gasteiger charge is 2.27. The van der Waals surface area contributed by atoms with Gasteiger partial charge >= 0.3 is 0 Å². The summed E-state index contributed by atoms with van der Waals surface area (Å²) in [6.07, 6.45) is 2.47.